The third-order valence-electron chi connectivity index (χ3n) is 0.429. The van der Waals surface area contributed by atoms with E-state index >= 15 is 0 Å². The first-order chi connectivity index (χ1) is 2.64. The van der Waals surface area contributed by atoms with Gasteiger partial charge in [0.1, 0.15) is 5.84 Å². The molecule has 0 aliphatic heterocycles. The Bertz CT molecular complexity index is 59.8. The van der Waals surface area contributed by atoms with Gasteiger partial charge in [-0.2, -0.15) is 0 Å². The molecule has 0 amide bonds. The molecule has 0 bridgehead atoms. The van der Waals surface area contributed by atoms with Gasteiger partial charge in [-0.05, 0) is 6.92 Å². The molecular formula is C3H7FN2. The minimum atomic E-state index is -1.29. The summed E-state index contributed by atoms with van der Waals surface area (Å²) in [5, 5.41) is 6.35. The van der Waals surface area contributed by atoms with Gasteiger partial charge in [0.15, 0.2) is 6.17 Å². The van der Waals surface area contributed by atoms with Crippen LogP contribution in [0.25, 0.3) is 0 Å². The fourth-order valence-electron chi connectivity index (χ4n) is 0. The lowest BCUT2D eigenvalue weighted by molar-refractivity contribution is 0.450. The van der Waals surface area contributed by atoms with Crippen molar-refractivity contribution in [1.82, 2.24) is 0 Å². The molecule has 0 heterocycles. The lowest BCUT2D eigenvalue weighted by atomic mass is 10.4. The van der Waals surface area contributed by atoms with E-state index in [4.69, 9.17) is 5.41 Å². The van der Waals surface area contributed by atoms with Crippen molar-refractivity contribution >= 4 is 5.84 Å². The number of hydrogen-bond donors (Lipinski definition) is 2. The molecule has 36 valence electrons. The summed E-state index contributed by atoms with van der Waals surface area (Å²) in [6.45, 7) is 1.22. The SMILES string of the molecule is CC(F)C(=N)N. The third-order valence-corrected chi connectivity index (χ3v) is 0.429. The van der Waals surface area contributed by atoms with Gasteiger partial charge in [-0.15, -0.1) is 0 Å². The average Bonchev–Trinajstić information content (AvgIpc) is 1.36. The van der Waals surface area contributed by atoms with Gasteiger partial charge in [0, 0.05) is 0 Å². The first kappa shape index (κ1) is 5.40. The number of halogens is 1. The minimum Gasteiger partial charge on any atom is -0.385 e. The molecule has 0 aromatic carbocycles. The molecule has 0 aromatic heterocycles. The highest BCUT2D eigenvalue weighted by atomic mass is 19.1. The van der Waals surface area contributed by atoms with Gasteiger partial charge >= 0.3 is 0 Å². The predicted octanol–water partition coefficient (Wildman–Crippen LogP) is 0.280. The highest BCUT2D eigenvalue weighted by Gasteiger charge is 1.96. The summed E-state index contributed by atoms with van der Waals surface area (Å²) in [5.41, 5.74) is 4.64. The zero-order valence-electron chi connectivity index (χ0n) is 3.53. The molecule has 0 radical (unpaired) electrons. The van der Waals surface area contributed by atoms with Crippen LogP contribution in [0.3, 0.4) is 0 Å². The molecule has 0 saturated carbocycles. The Hall–Kier alpha value is -0.600. The van der Waals surface area contributed by atoms with E-state index in [2.05, 4.69) is 5.73 Å². The number of rotatable bonds is 1. The van der Waals surface area contributed by atoms with Crippen molar-refractivity contribution in [1.29, 1.82) is 5.41 Å². The average molecular weight is 90.1 g/mol. The highest BCUT2D eigenvalue weighted by Crippen LogP contribution is 1.81. The number of nitrogens with two attached hydrogens (primary N) is 1. The largest absolute Gasteiger partial charge is 0.385 e. The quantitative estimate of drug-likeness (QED) is 0.352. The zero-order chi connectivity index (χ0) is 5.15. The molecule has 1 atom stereocenters. The second-order valence-electron chi connectivity index (χ2n) is 1.07. The van der Waals surface area contributed by atoms with Crippen molar-refractivity contribution < 1.29 is 4.39 Å². The molecule has 0 spiro atoms. The van der Waals surface area contributed by atoms with Crippen molar-refractivity contribution in [2.24, 2.45) is 5.73 Å². The Morgan fingerprint density at radius 1 is 2.00 bits per heavy atom. The Balaban J connectivity index is 3.26. The molecular weight excluding hydrogens is 83.0 g/mol. The van der Waals surface area contributed by atoms with Crippen molar-refractivity contribution in [2.45, 2.75) is 13.1 Å². The van der Waals surface area contributed by atoms with Crippen molar-refractivity contribution in [2.75, 3.05) is 0 Å². The topological polar surface area (TPSA) is 49.9 Å². The van der Waals surface area contributed by atoms with Gasteiger partial charge in [-0.3, -0.25) is 5.41 Å². The molecule has 0 aliphatic rings. The molecule has 3 heteroatoms. The number of amidine groups is 1. The fourth-order valence-corrected chi connectivity index (χ4v) is 0. The van der Waals surface area contributed by atoms with Crippen LogP contribution in [0.15, 0.2) is 0 Å². The summed E-state index contributed by atoms with van der Waals surface area (Å²) in [6, 6.07) is 0. The lowest BCUT2D eigenvalue weighted by Gasteiger charge is -1.91. The molecule has 2 nitrogen and oxygen atoms in total. The van der Waals surface area contributed by atoms with E-state index in [0.717, 1.165) is 0 Å². The maximum Gasteiger partial charge on any atom is 0.154 e. The molecule has 0 aliphatic carbocycles. The third kappa shape index (κ3) is 1.69. The Morgan fingerprint density at radius 3 is 2.17 bits per heavy atom. The molecule has 6 heavy (non-hydrogen) atoms. The second kappa shape index (κ2) is 1.74. The number of nitrogens with one attached hydrogen (secondary N) is 1. The smallest absolute Gasteiger partial charge is 0.154 e. The maximum absolute atomic E-state index is 11.5. The van der Waals surface area contributed by atoms with Gasteiger partial charge in [-0.1, -0.05) is 0 Å². The molecule has 1 unspecified atom stereocenters. The van der Waals surface area contributed by atoms with Gasteiger partial charge in [0.05, 0.1) is 0 Å². The normalized spacial score (nSPS) is 13.7. The Morgan fingerprint density at radius 2 is 2.17 bits per heavy atom. The summed E-state index contributed by atoms with van der Waals surface area (Å²) in [4.78, 5) is 0. The highest BCUT2D eigenvalue weighted by molar-refractivity contribution is 5.80. The molecule has 0 rings (SSSR count). The van der Waals surface area contributed by atoms with Crippen LogP contribution in [-0.2, 0) is 0 Å². The van der Waals surface area contributed by atoms with Crippen LogP contribution < -0.4 is 5.73 Å². The van der Waals surface area contributed by atoms with E-state index in [1.807, 2.05) is 0 Å². The van der Waals surface area contributed by atoms with Crippen LogP contribution in [0.5, 0.6) is 0 Å². The summed E-state index contributed by atoms with van der Waals surface area (Å²) in [6.07, 6.45) is -1.29. The monoisotopic (exact) mass is 90.1 g/mol. The molecule has 0 saturated heterocycles. The van der Waals surface area contributed by atoms with Gasteiger partial charge < -0.3 is 5.73 Å². The van der Waals surface area contributed by atoms with Crippen LogP contribution >= 0.6 is 0 Å². The van der Waals surface area contributed by atoms with Crippen molar-refractivity contribution in [3.63, 3.8) is 0 Å². The van der Waals surface area contributed by atoms with Gasteiger partial charge in [0.2, 0.25) is 0 Å². The standard InChI is InChI=1S/C3H7FN2/c1-2(4)3(5)6/h2H,1H3,(H3,5,6). The van der Waals surface area contributed by atoms with E-state index in [1.54, 1.807) is 0 Å². The van der Waals surface area contributed by atoms with Crippen LogP contribution in [0, 0.1) is 5.41 Å². The van der Waals surface area contributed by atoms with Crippen molar-refractivity contribution in [3.05, 3.63) is 0 Å². The van der Waals surface area contributed by atoms with Gasteiger partial charge in [-0.25, -0.2) is 4.39 Å². The number of hydrogen-bond acceptors (Lipinski definition) is 1. The van der Waals surface area contributed by atoms with Crippen LogP contribution in [0.2, 0.25) is 0 Å². The van der Waals surface area contributed by atoms with E-state index in [-0.39, 0.29) is 0 Å². The first-order valence-electron chi connectivity index (χ1n) is 1.62. The Kier molecular flexibility index (Phi) is 1.57. The van der Waals surface area contributed by atoms with Crippen molar-refractivity contribution in [3.8, 4) is 0 Å². The number of alkyl halides is 1. The van der Waals surface area contributed by atoms with Crippen LogP contribution in [0.4, 0.5) is 4.39 Å². The predicted molar refractivity (Wildman–Crippen MR) is 22.5 cm³/mol. The molecule has 3 N–H and O–H groups in total. The zero-order valence-corrected chi connectivity index (χ0v) is 3.53. The summed E-state index contributed by atoms with van der Waals surface area (Å²) < 4.78 is 11.5. The minimum absolute atomic E-state index is 0.407. The van der Waals surface area contributed by atoms with E-state index in [9.17, 15) is 4.39 Å². The van der Waals surface area contributed by atoms with Crippen LogP contribution in [-0.4, -0.2) is 12.0 Å². The molecule has 0 fully saturated rings. The fraction of sp³-hybridized carbons (Fsp3) is 0.667. The van der Waals surface area contributed by atoms with E-state index in [1.165, 1.54) is 6.92 Å². The second-order valence-corrected chi connectivity index (χ2v) is 1.07. The van der Waals surface area contributed by atoms with Crippen LogP contribution in [0.1, 0.15) is 6.92 Å². The Labute approximate surface area is 35.7 Å². The van der Waals surface area contributed by atoms with E-state index in [0.29, 0.717) is 0 Å². The maximum atomic E-state index is 11.5. The van der Waals surface area contributed by atoms with Gasteiger partial charge in [0.25, 0.3) is 0 Å². The first-order valence-corrected chi connectivity index (χ1v) is 1.62. The summed E-state index contributed by atoms with van der Waals surface area (Å²) in [7, 11) is 0. The lowest BCUT2D eigenvalue weighted by Crippen LogP contribution is -2.19. The molecule has 0 aromatic rings. The summed E-state index contributed by atoms with van der Waals surface area (Å²) >= 11 is 0. The summed E-state index contributed by atoms with van der Waals surface area (Å²) in [5.74, 6) is -0.407. The van der Waals surface area contributed by atoms with E-state index < -0.39 is 12.0 Å².